The van der Waals surface area contributed by atoms with E-state index in [0.29, 0.717) is 5.92 Å². The van der Waals surface area contributed by atoms with E-state index in [-0.39, 0.29) is 12.1 Å². The molecule has 1 fully saturated rings. The number of nitrogens with zero attached hydrogens (tertiary/aromatic N) is 1. The SMILES string of the molecule is CC(NC(=O)NC1CCC(CCN(C)Cc2ccccc2)CC1)C(O)(c1ccccc1)c1ccccc1. The first kappa shape index (κ1) is 26.9. The number of urea groups is 1. The molecule has 196 valence electrons. The average molecular weight is 500 g/mol. The molecule has 4 rings (SSSR count). The number of hydrogen-bond acceptors (Lipinski definition) is 3. The van der Waals surface area contributed by atoms with Crippen molar-refractivity contribution in [3.8, 4) is 0 Å². The van der Waals surface area contributed by atoms with Crippen LogP contribution >= 0.6 is 0 Å². The van der Waals surface area contributed by atoms with Gasteiger partial charge in [0.25, 0.3) is 0 Å². The zero-order chi connectivity index (χ0) is 26.1. The van der Waals surface area contributed by atoms with Crippen LogP contribution in [0.25, 0.3) is 0 Å². The first-order valence-electron chi connectivity index (χ1n) is 13.6. The molecule has 0 radical (unpaired) electrons. The van der Waals surface area contributed by atoms with Gasteiger partial charge in [0, 0.05) is 12.6 Å². The van der Waals surface area contributed by atoms with Crippen LogP contribution in [0, 0.1) is 5.92 Å². The highest BCUT2D eigenvalue weighted by Crippen LogP contribution is 2.33. The summed E-state index contributed by atoms with van der Waals surface area (Å²) >= 11 is 0. The minimum atomic E-state index is -1.33. The maximum Gasteiger partial charge on any atom is 0.315 e. The standard InChI is InChI=1S/C32H41N3O2/c1-25(32(37,28-14-8-4-9-15-28)29-16-10-5-11-17-29)33-31(36)34-30-20-18-26(19-21-30)22-23-35(2)24-27-12-6-3-7-13-27/h3-17,25-26,30,37H,18-24H2,1-2H3,(H2,33,34,36). The van der Waals surface area contributed by atoms with Gasteiger partial charge in [-0.1, -0.05) is 91.0 Å². The van der Waals surface area contributed by atoms with Crippen molar-refractivity contribution in [1.82, 2.24) is 15.5 Å². The fourth-order valence-corrected chi connectivity index (χ4v) is 5.55. The van der Waals surface area contributed by atoms with E-state index >= 15 is 0 Å². The van der Waals surface area contributed by atoms with E-state index in [1.165, 1.54) is 12.0 Å². The summed E-state index contributed by atoms with van der Waals surface area (Å²) in [5.74, 6) is 0.708. The number of benzene rings is 3. The minimum absolute atomic E-state index is 0.173. The summed E-state index contributed by atoms with van der Waals surface area (Å²) in [6, 6.07) is 29.2. The molecule has 0 bridgehead atoms. The van der Waals surface area contributed by atoms with Gasteiger partial charge in [0.1, 0.15) is 5.60 Å². The van der Waals surface area contributed by atoms with E-state index in [4.69, 9.17) is 0 Å². The van der Waals surface area contributed by atoms with Crippen molar-refractivity contribution >= 4 is 6.03 Å². The van der Waals surface area contributed by atoms with Crippen LogP contribution in [0.2, 0.25) is 0 Å². The number of carbonyl (C=O) groups excluding carboxylic acids is 1. The quantitative estimate of drug-likeness (QED) is 0.336. The van der Waals surface area contributed by atoms with Crippen molar-refractivity contribution in [2.45, 2.75) is 63.3 Å². The Hall–Kier alpha value is -3.15. The third-order valence-corrected chi connectivity index (χ3v) is 7.80. The molecule has 2 amide bonds. The first-order valence-corrected chi connectivity index (χ1v) is 13.6. The molecule has 1 aliphatic rings. The Labute approximate surface area is 221 Å². The fraction of sp³-hybridized carbons (Fsp3) is 0.406. The molecule has 0 aliphatic heterocycles. The van der Waals surface area contributed by atoms with E-state index in [0.717, 1.165) is 49.9 Å². The fourth-order valence-electron chi connectivity index (χ4n) is 5.55. The van der Waals surface area contributed by atoms with Crippen LogP contribution < -0.4 is 10.6 Å². The lowest BCUT2D eigenvalue weighted by molar-refractivity contribution is 0.0470. The molecule has 1 unspecified atom stereocenters. The molecule has 0 spiro atoms. The Balaban J connectivity index is 1.25. The zero-order valence-corrected chi connectivity index (χ0v) is 22.1. The number of hydrogen-bond donors (Lipinski definition) is 3. The summed E-state index contributed by atoms with van der Waals surface area (Å²) in [6.45, 7) is 3.93. The van der Waals surface area contributed by atoms with Crippen molar-refractivity contribution < 1.29 is 9.90 Å². The summed E-state index contributed by atoms with van der Waals surface area (Å²) in [5.41, 5.74) is 1.53. The Bertz CT molecular complexity index is 1040. The van der Waals surface area contributed by atoms with Crippen LogP contribution in [0.15, 0.2) is 91.0 Å². The number of rotatable bonds is 10. The van der Waals surface area contributed by atoms with E-state index < -0.39 is 11.6 Å². The number of amides is 2. The zero-order valence-electron chi connectivity index (χ0n) is 22.1. The van der Waals surface area contributed by atoms with Gasteiger partial charge in [-0.25, -0.2) is 4.79 Å². The third kappa shape index (κ3) is 7.21. The highest BCUT2D eigenvalue weighted by molar-refractivity contribution is 5.75. The Kier molecular flexibility index (Phi) is 9.37. The Morgan fingerprint density at radius 2 is 1.41 bits per heavy atom. The van der Waals surface area contributed by atoms with Crippen LogP contribution in [0.4, 0.5) is 4.79 Å². The molecule has 0 saturated heterocycles. The Morgan fingerprint density at radius 1 is 0.892 bits per heavy atom. The molecule has 0 heterocycles. The summed E-state index contributed by atoms with van der Waals surface area (Å²) in [5, 5.41) is 18.1. The van der Waals surface area contributed by atoms with E-state index in [9.17, 15) is 9.90 Å². The monoisotopic (exact) mass is 499 g/mol. The van der Waals surface area contributed by atoms with Crippen LogP contribution in [0.1, 0.15) is 55.7 Å². The number of aliphatic hydroxyl groups is 1. The highest BCUT2D eigenvalue weighted by Gasteiger charge is 2.38. The van der Waals surface area contributed by atoms with Crippen molar-refractivity contribution in [2.75, 3.05) is 13.6 Å². The summed E-state index contributed by atoms with van der Waals surface area (Å²) in [7, 11) is 2.19. The molecule has 1 aliphatic carbocycles. The molecule has 1 atom stereocenters. The van der Waals surface area contributed by atoms with Gasteiger partial charge in [0.2, 0.25) is 0 Å². The number of nitrogens with one attached hydrogen (secondary N) is 2. The molecular formula is C32H41N3O2. The van der Waals surface area contributed by atoms with E-state index in [1.54, 1.807) is 0 Å². The molecule has 0 aromatic heterocycles. The molecular weight excluding hydrogens is 458 g/mol. The predicted octanol–water partition coefficient (Wildman–Crippen LogP) is 5.69. The van der Waals surface area contributed by atoms with Crippen LogP contribution in [0.5, 0.6) is 0 Å². The van der Waals surface area contributed by atoms with Crippen molar-refractivity contribution in [3.63, 3.8) is 0 Å². The second-order valence-electron chi connectivity index (χ2n) is 10.6. The van der Waals surface area contributed by atoms with Gasteiger partial charge in [-0.2, -0.15) is 0 Å². The molecule has 3 aromatic rings. The van der Waals surface area contributed by atoms with Gasteiger partial charge >= 0.3 is 6.03 Å². The third-order valence-electron chi connectivity index (χ3n) is 7.80. The van der Waals surface area contributed by atoms with Crippen molar-refractivity contribution in [1.29, 1.82) is 0 Å². The van der Waals surface area contributed by atoms with E-state index in [2.05, 4.69) is 52.9 Å². The maximum atomic E-state index is 13.0. The summed E-state index contributed by atoms with van der Waals surface area (Å²) < 4.78 is 0. The summed E-state index contributed by atoms with van der Waals surface area (Å²) in [4.78, 5) is 15.4. The van der Waals surface area contributed by atoms with Crippen LogP contribution in [-0.2, 0) is 12.1 Å². The second-order valence-corrected chi connectivity index (χ2v) is 10.6. The smallest absolute Gasteiger partial charge is 0.315 e. The average Bonchev–Trinajstić information content (AvgIpc) is 2.93. The molecule has 37 heavy (non-hydrogen) atoms. The van der Waals surface area contributed by atoms with Gasteiger partial charge in [-0.05, 0) is 75.2 Å². The van der Waals surface area contributed by atoms with Gasteiger partial charge in [-0.15, -0.1) is 0 Å². The highest BCUT2D eigenvalue weighted by atomic mass is 16.3. The lowest BCUT2D eigenvalue weighted by Crippen LogP contribution is -2.54. The molecule has 3 N–H and O–H groups in total. The first-order chi connectivity index (χ1) is 17.9. The predicted molar refractivity (Wildman–Crippen MR) is 150 cm³/mol. The lowest BCUT2D eigenvalue weighted by Gasteiger charge is -2.36. The van der Waals surface area contributed by atoms with Crippen LogP contribution in [0.3, 0.4) is 0 Å². The van der Waals surface area contributed by atoms with Crippen molar-refractivity contribution in [3.05, 3.63) is 108 Å². The van der Waals surface area contributed by atoms with E-state index in [1.807, 2.05) is 67.6 Å². The van der Waals surface area contributed by atoms with Gasteiger partial charge in [0.05, 0.1) is 6.04 Å². The Morgan fingerprint density at radius 3 is 1.95 bits per heavy atom. The van der Waals surface area contributed by atoms with Gasteiger partial charge in [-0.3, -0.25) is 0 Å². The number of carbonyl (C=O) groups is 1. The van der Waals surface area contributed by atoms with Crippen LogP contribution in [-0.4, -0.2) is 41.7 Å². The maximum absolute atomic E-state index is 13.0. The second kappa shape index (κ2) is 12.9. The largest absolute Gasteiger partial charge is 0.378 e. The molecule has 1 saturated carbocycles. The summed E-state index contributed by atoms with van der Waals surface area (Å²) in [6.07, 6.45) is 5.46. The van der Waals surface area contributed by atoms with Gasteiger partial charge < -0.3 is 20.6 Å². The normalized spacial score (nSPS) is 18.8. The molecule has 3 aromatic carbocycles. The lowest BCUT2D eigenvalue weighted by atomic mass is 9.81. The van der Waals surface area contributed by atoms with Crippen molar-refractivity contribution in [2.24, 2.45) is 5.92 Å². The van der Waals surface area contributed by atoms with Gasteiger partial charge in [0.15, 0.2) is 0 Å². The minimum Gasteiger partial charge on any atom is -0.378 e. The molecule has 5 nitrogen and oxygen atoms in total. The molecule has 5 heteroatoms. The topological polar surface area (TPSA) is 64.6 Å².